The Labute approximate surface area is 83.7 Å². The number of aliphatic hydroxyl groups is 1. The molecule has 0 fully saturated rings. The minimum Gasteiger partial charge on any atom is -0.515 e. The third kappa shape index (κ3) is 1.62. The predicted molar refractivity (Wildman–Crippen MR) is 58.2 cm³/mol. The SMILES string of the molecule is O/C=C1\C=CC=CC1c1ccccc1. The van der Waals surface area contributed by atoms with Crippen LogP contribution in [0.25, 0.3) is 0 Å². The molecule has 0 aromatic heterocycles. The highest BCUT2D eigenvalue weighted by Crippen LogP contribution is 2.28. The fourth-order valence-electron chi connectivity index (χ4n) is 1.64. The number of rotatable bonds is 1. The largest absolute Gasteiger partial charge is 0.515 e. The number of allylic oxidation sites excluding steroid dienone is 5. The second kappa shape index (κ2) is 3.97. The molecule has 0 aliphatic heterocycles. The van der Waals surface area contributed by atoms with Crippen LogP contribution < -0.4 is 0 Å². The second-order valence-corrected chi connectivity index (χ2v) is 3.26. The molecular weight excluding hydrogens is 172 g/mol. The molecule has 0 heterocycles. The summed E-state index contributed by atoms with van der Waals surface area (Å²) in [7, 11) is 0. The lowest BCUT2D eigenvalue weighted by Gasteiger charge is -2.15. The van der Waals surface area contributed by atoms with Crippen LogP contribution in [0.5, 0.6) is 0 Å². The van der Waals surface area contributed by atoms with E-state index in [9.17, 15) is 0 Å². The van der Waals surface area contributed by atoms with E-state index >= 15 is 0 Å². The minimum absolute atomic E-state index is 0.186. The third-order valence-corrected chi connectivity index (χ3v) is 2.37. The summed E-state index contributed by atoms with van der Waals surface area (Å²) in [6, 6.07) is 10.1. The zero-order chi connectivity index (χ0) is 9.80. The monoisotopic (exact) mass is 184 g/mol. The molecule has 70 valence electrons. The fraction of sp³-hybridized carbons (Fsp3) is 0.0769. The van der Waals surface area contributed by atoms with E-state index in [0.29, 0.717) is 0 Å². The molecule has 14 heavy (non-hydrogen) atoms. The molecule has 1 nitrogen and oxygen atoms in total. The van der Waals surface area contributed by atoms with Crippen LogP contribution in [0.2, 0.25) is 0 Å². The van der Waals surface area contributed by atoms with Gasteiger partial charge < -0.3 is 5.11 Å². The van der Waals surface area contributed by atoms with Crippen LogP contribution in [0.1, 0.15) is 11.5 Å². The van der Waals surface area contributed by atoms with Crippen molar-refractivity contribution in [2.24, 2.45) is 0 Å². The second-order valence-electron chi connectivity index (χ2n) is 3.26. The molecule has 1 N–H and O–H groups in total. The molecule has 2 rings (SSSR count). The van der Waals surface area contributed by atoms with Crippen LogP contribution in [0.3, 0.4) is 0 Å². The Balaban J connectivity index is 2.35. The van der Waals surface area contributed by atoms with E-state index in [-0.39, 0.29) is 5.92 Å². The van der Waals surface area contributed by atoms with Crippen molar-refractivity contribution in [3.05, 3.63) is 72.0 Å². The van der Waals surface area contributed by atoms with Crippen LogP contribution in [-0.4, -0.2) is 5.11 Å². The molecule has 0 radical (unpaired) electrons. The van der Waals surface area contributed by atoms with E-state index in [1.54, 1.807) is 0 Å². The van der Waals surface area contributed by atoms with Gasteiger partial charge in [-0.05, 0) is 11.1 Å². The maximum absolute atomic E-state index is 9.08. The van der Waals surface area contributed by atoms with E-state index in [1.165, 1.54) is 11.8 Å². The van der Waals surface area contributed by atoms with Crippen molar-refractivity contribution >= 4 is 0 Å². The van der Waals surface area contributed by atoms with Gasteiger partial charge in [0.15, 0.2) is 0 Å². The maximum Gasteiger partial charge on any atom is 0.0833 e. The predicted octanol–water partition coefficient (Wildman–Crippen LogP) is 3.34. The van der Waals surface area contributed by atoms with Crippen molar-refractivity contribution in [2.45, 2.75) is 5.92 Å². The first kappa shape index (κ1) is 8.82. The summed E-state index contributed by atoms with van der Waals surface area (Å²) in [5.74, 6) is 0.186. The number of hydrogen-bond acceptors (Lipinski definition) is 1. The molecule has 1 aliphatic rings. The van der Waals surface area contributed by atoms with Crippen LogP contribution in [-0.2, 0) is 0 Å². The van der Waals surface area contributed by atoms with Gasteiger partial charge >= 0.3 is 0 Å². The van der Waals surface area contributed by atoms with Crippen molar-refractivity contribution < 1.29 is 5.11 Å². The molecule has 0 bridgehead atoms. The summed E-state index contributed by atoms with van der Waals surface area (Å²) in [5, 5.41) is 9.08. The summed E-state index contributed by atoms with van der Waals surface area (Å²) >= 11 is 0. The van der Waals surface area contributed by atoms with Crippen molar-refractivity contribution in [1.29, 1.82) is 0 Å². The molecule has 1 unspecified atom stereocenters. The number of hydrogen-bond donors (Lipinski definition) is 1. The lowest BCUT2D eigenvalue weighted by Crippen LogP contribution is -2.00. The average Bonchev–Trinajstić information content (AvgIpc) is 2.30. The summed E-state index contributed by atoms with van der Waals surface area (Å²) in [6.45, 7) is 0. The molecule has 1 aromatic carbocycles. The van der Waals surface area contributed by atoms with Gasteiger partial charge in [0, 0.05) is 5.92 Å². The smallest absolute Gasteiger partial charge is 0.0833 e. The molecule has 0 amide bonds. The Bertz CT molecular complexity index is 385. The van der Waals surface area contributed by atoms with Crippen LogP contribution in [0, 0.1) is 0 Å². The normalized spacial score (nSPS) is 22.9. The summed E-state index contributed by atoms with van der Waals surface area (Å²) in [5.41, 5.74) is 2.13. The van der Waals surface area contributed by atoms with Gasteiger partial charge in [-0.3, -0.25) is 0 Å². The Morgan fingerprint density at radius 2 is 1.86 bits per heavy atom. The lowest BCUT2D eigenvalue weighted by atomic mass is 9.89. The summed E-state index contributed by atoms with van der Waals surface area (Å²) in [6.07, 6.45) is 9.12. The van der Waals surface area contributed by atoms with Gasteiger partial charge in [0.1, 0.15) is 0 Å². The highest BCUT2D eigenvalue weighted by Gasteiger charge is 2.12. The first-order valence-electron chi connectivity index (χ1n) is 4.66. The first-order valence-corrected chi connectivity index (χ1v) is 4.66. The van der Waals surface area contributed by atoms with Gasteiger partial charge in [-0.25, -0.2) is 0 Å². The molecule has 0 spiro atoms. The van der Waals surface area contributed by atoms with Gasteiger partial charge in [-0.2, -0.15) is 0 Å². The quantitative estimate of drug-likeness (QED) is 0.664. The van der Waals surface area contributed by atoms with Crippen LogP contribution in [0.15, 0.2) is 66.5 Å². The maximum atomic E-state index is 9.08. The molecule has 1 aromatic rings. The van der Waals surface area contributed by atoms with Crippen molar-refractivity contribution in [3.63, 3.8) is 0 Å². The molecule has 1 atom stereocenters. The highest BCUT2D eigenvalue weighted by atomic mass is 16.2. The Morgan fingerprint density at radius 3 is 2.57 bits per heavy atom. The number of benzene rings is 1. The number of aliphatic hydroxyl groups excluding tert-OH is 1. The highest BCUT2D eigenvalue weighted by molar-refractivity contribution is 5.42. The molecule has 0 saturated carbocycles. The standard InChI is InChI=1S/C13H12O/c14-10-12-8-4-5-9-13(12)11-6-2-1-3-7-11/h1-10,13-14H/b12-10+. The van der Waals surface area contributed by atoms with Crippen LogP contribution >= 0.6 is 0 Å². The molecule has 1 heteroatoms. The Kier molecular flexibility index (Phi) is 2.50. The third-order valence-electron chi connectivity index (χ3n) is 2.37. The van der Waals surface area contributed by atoms with Gasteiger partial charge in [-0.15, -0.1) is 0 Å². The molecule has 0 saturated heterocycles. The zero-order valence-electron chi connectivity index (χ0n) is 7.80. The van der Waals surface area contributed by atoms with Gasteiger partial charge in [0.05, 0.1) is 6.26 Å². The van der Waals surface area contributed by atoms with Gasteiger partial charge in [0.2, 0.25) is 0 Å². The fourth-order valence-corrected chi connectivity index (χ4v) is 1.64. The van der Waals surface area contributed by atoms with E-state index in [0.717, 1.165) is 5.57 Å². The van der Waals surface area contributed by atoms with E-state index in [4.69, 9.17) is 5.11 Å². The molecular formula is C13H12O. The Morgan fingerprint density at radius 1 is 1.07 bits per heavy atom. The topological polar surface area (TPSA) is 20.2 Å². The van der Waals surface area contributed by atoms with E-state index in [1.807, 2.05) is 36.4 Å². The van der Waals surface area contributed by atoms with E-state index < -0.39 is 0 Å². The average molecular weight is 184 g/mol. The minimum atomic E-state index is 0.186. The summed E-state index contributed by atoms with van der Waals surface area (Å²) in [4.78, 5) is 0. The Hall–Kier alpha value is -1.76. The molecule has 1 aliphatic carbocycles. The van der Waals surface area contributed by atoms with E-state index in [2.05, 4.69) is 18.2 Å². The lowest BCUT2D eigenvalue weighted by molar-refractivity contribution is 0.466. The zero-order valence-corrected chi connectivity index (χ0v) is 7.80. The van der Waals surface area contributed by atoms with Crippen molar-refractivity contribution in [3.8, 4) is 0 Å². The van der Waals surface area contributed by atoms with Crippen molar-refractivity contribution in [1.82, 2.24) is 0 Å². The summed E-state index contributed by atoms with van der Waals surface area (Å²) < 4.78 is 0. The van der Waals surface area contributed by atoms with Gasteiger partial charge in [0.25, 0.3) is 0 Å². The van der Waals surface area contributed by atoms with Crippen molar-refractivity contribution in [2.75, 3.05) is 0 Å². The first-order chi connectivity index (χ1) is 6.92. The van der Waals surface area contributed by atoms with Gasteiger partial charge in [-0.1, -0.05) is 54.6 Å². The van der Waals surface area contributed by atoms with Crippen LogP contribution in [0.4, 0.5) is 0 Å².